The van der Waals surface area contributed by atoms with Gasteiger partial charge in [-0.2, -0.15) is 0 Å². The normalized spacial score (nSPS) is 16.8. The van der Waals surface area contributed by atoms with E-state index in [1.54, 1.807) is 13.0 Å². The molecule has 0 fully saturated rings. The van der Waals surface area contributed by atoms with Gasteiger partial charge in [-0.05, 0) is 13.8 Å². The van der Waals surface area contributed by atoms with Crippen molar-refractivity contribution >= 4 is 0 Å². The minimum atomic E-state index is -0.398. The van der Waals surface area contributed by atoms with E-state index < -0.39 is 6.10 Å². The molecule has 0 saturated heterocycles. The van der Waals surface area contributed by atoms with Gasteiger partial charge < -0.3 is 9.84 Å². The summed E-state index contributed by atoms with van der Waals surface area (Å²) in [5, 5.41) is 8.89. The molecular formula is C7H14O2. The van der Waals surface area contributed by atoms with Crippen molar-refractivity contribution < 1.29 is 9.84 Å². The first-order valence-electron chi connectivity index (χ1n) is 3.09. The molecule has 0 radical (unpaired) electrons. The molecule has 0 rings (SSSR count). The Bertz CT molecular complexity index is 79.0. The van der Waals surface area contributed by atoms with Crippen molar-refractivity contribution in [2.75, 3.05) is 6.61 Å². The molecule has 1 N–H and O–H groups in total. The van der Waals surface area contributed by atoms with Gasteiger partial charge in [-0.15, -0.1) is 6.58 Å². The number of aliphatic hydroxyl groups excluding tert-OH is 1. The summed E-state index contributed by atoms with van der Waals surface area (Å²) >= 11 is 0. The highest BCUT2D eigenvalue weighted by atomic mass is 16.5. The molecule has 2 nitrogen and oxygen atoms in total. The Morgan fingerprint density at radius 2 is 2.22 bits per heavy atom. The van der Waals surface area contributed by atoms with Gasteiger partial charge in [-0.25, -0.2) is 0 Å². The van der Waals surface area contributed by atoms with Gasteiger partial charge in [-0.1, -0.05) is 6.08 Å². The molecule has 0 saturated carbocycles. The predicted octanol–water partition coefficient (Wildman–Crippen LogP) is 0.958. The predicted molar refractivity (Wildman–Crippen MR) is 37.3 cm³/mol. The van der Waals surface area contributed by atoms with Crippen LogP contribution in [0.4, 0.5) is 0 Å². The standard InChI is InChI=1S/C7H14O2/c1-4-5-9-7(3)6(2)8/h4,6-8H,1,5H2,2-3H3/t6-,7-/m0/s1. The second-order valence-electron chi connectivity index (χ2n) is 2.07. The second-order valence-corrected chi connectivity index (χ2v) is 2.07. The molecule has 0 aromatic carbocycles. The van der Waals surface area contributed by atoms with Crippen molar-refractivity contribution in [1.29, 1.82) is 0 Å². The van der Waals surface area contributed by atoms with Gasteiger partial charge in [0.1, 0.15) is 0 Å². The molecule has 0 heterocycles. The Balaban J connectivity index is 3.26. The zero-order valence-corrected chi connectivity index (χ0v) is 6.00. The fourth-order valence-corrected chi connectivity index (χ4v) is 0.359. The fourth-order valence-electron chi connectivity index (χ4n) is 0.359. The molecule has 9 heavy (non-hydrogen) atoms. The lowest BCUT2D eigenvalue weighted by molar-refractivity contribution is -0.00593. The van der Waals surface area contributed by atoms with Crippen LogP contribution in [-0.4, -0.2) is 23.9 Å². The zero-order chi connectivity index (χ0) is 7.28. The van der Waals surface area contributed by atoms with Crippen molar-refractivity contribution in [3.8, 4) is 0 Å². The van der Waals surface area contributed by atoms with Crippen molar-refractivity contribution in [2.24, 2.45) is 0 Å². The summed E-state index contributed by atoms with van der Waals surface area (Å²) in [5.41, 5.74) is 0. The molecular weight excluding hydrogens is 116 g/mol. The lowest BCUT2D eigenvalue weighted by Gasteiger charge is -2.13. The minimum Gasteiger partial charge on any atom is -0.391 e. The highest BCUT2D eigenvalue weighted by Gasteiger charge is 2.06. The van der Waals surface area contributed by atoms with Crippen LogP contribution < -0.4 is 0 Å². The third-order valence-corrected chi connectivity index (χ3v) is 1.16. The van der Waals surface area contributed by atoms with E-state index in [4.69, 9.17) is 9.84 Å². The third kappa shape index (κ3) is 4.18. The van der Waals surface area contributed by atoms with Crippen molar-refractivity contribution in [1.82, 2.24) is 0 Å². The van der Waals surface area contributed by atoms with Gasteiger partial charge in [0, 0.05) is 0 Å². The van der Waals surface area contributed by atoms with Crippen LogP contribution in [0.5, 0.6) is 0 Å². The minimum absolute atomic E-state index is 0.0944. The van der Waals surface area contributed by atoms with Crippen molar-refractivity contribution in [2.45, 2.75) is 26.1 Å². The average Bonchev–Trinajstić information content (AvgIpc) is 1.82. The molecule has 0 spiro atoms. The molecule has 54 valence electrons. The van der Waals surface area contributed by atoms with Crippen LogP contribution in [0.1, 0.15) is 13.8 Å². The summed E-state index contributed by atoms with van der Waals surface area (Å²) < 4.78 is 5.08. The molecule has 0 aliphatic carbocycles. The quantitative estimate of drug-likeness (QED) is 0.574. The van der Waals surface area contributed by atoms with Gasteiger partial charge in [0.05, 0.1) is 18.8 Å². The lowest BCUT2D eigenvalue weighted by Crippen LogP contribution is -2.22. The summed E-state index contributed by atoms with van der Waals surface area (Å²) in [6.07, 6.45) is 1.17. The highest BCUT2D eigenvalue weighted by Crippen LogP contribution is 1.96. The van der Waals surface area contributed by atoms with Crippen LogP contribution in [0.25, 0.3) is 0 Å². The molecule has 0 unspecified atom stereocenters. The molecule has 0 aliphatic rings. The maximum atomic E-state index is 8.89. The number of hydrogen-bond donors (Lipinski definition) is 1. The van der Waals surface area contributed by atoms with E-state index in [-0.39, 0.29) is 6.10 Å². The summed E-state index contributed by atoms with van der Waals surface area (Å²) in [6, 6.07) is 0. The van der Waals surface area contributed by atoms with Gasteiger partial charge in [0.15, 0.2) is 0 Å². The molecule has 2 heteroatoms. The number of rotatable bonds is 4. The van der Waals surface area contributed by atoms with Crippen LogP contribution in [0.15, 0.2) is 12.7 Å². The average molecular weight is 130 g/mol. The maximum Gasteiger partial charge on any atom is 0.0807 e. The monoisotopic (exact) mass is 130 g/mol. The van der Waals surface area contributed by atoms with E-state index in [0.29, 0.717) is 6.61 Å². The number of ether oxygens (including phenoxy) is 1. The van der Waals surface area contributed by atoms with Gasteiger partial charge in [0.25, 0.3) is 0 Å². The first-order chi connectivity index (χ1) is 4.18. The molecule has 0 bridgehead atoms. The fraction of sp³-hybridized carbons (Fsp3) is 0.714. The topological polar surface area (TPSA) is 29.5 Å². The molecule has 0 aliphatic heterocycles. The first kappa shape index (κ1) is 8.66. The summed E-state index contributed by atoms with van der Waals surface area (Å²) in [7, 11) is 0. The van der Waals surface area contributed by atoms with Crippen LogP contribution in [-0.2, 0) is 4.74 Å². The Labute approximate surface area is 56.1 Å². The second kappa shape index (κ2) is 4.53. The van der Waals surface area contributed by atoms with E-state index in [0.717, 1.165) is 0 Å². The summed E-state index contributed by atoms with van der Waals surface area (Å²) in [6.45, 7) is 7.52. The first-order valence-corrected chi connectivity index (χ1v) is 3.09. The lowest BCUT2D eigenvalue weighted by atomic mass is 10.3. The van der Waals surface area contributed by atoms with Gasteiger partial charge in [-0.3, -0.25) is 0 Å². The number of aliphatic hydroxyl groups is 1. The Morgan fingerprint density at radius 1 is 1.67 bits per heavy atom. The van der Waals surface area contributed by atoms with Crippen LogP contribution in [0, 0.1) is 0 Å². The molecule has 0 amide bonds. The Morgan fingerprint density at radius 3 is 2.56 bits per heavy atom. The third-order valence-electron chi connectivity index (χ3n) is 1.16. The number of hydrogen-bond acceptors (Lipinski definition) is 2. The summed E-state index contributed by atoms with van der Waals surface area (Å²) in [5.74, 6) is 0. The Hall–Kier alpha value is -0.340. The van der Waals surface area contributed by atoms with E-state index in [9.17, 15) is 0 Å². The molecule has 0 aromatic rings. The van der Waals surface area contributed by atoms with Gasteiger partial charge in [0.2, 0.25) is 0 Å². The smallest absolute Gasteiger partial charge is 0.0807 e. The van der Waals surface area contributed by atoms with E-state index >= 15 is 0 Å². The summed E-state index contributed by atoms with van der Waals surface area (Å²) in [4.78, 5) is 0. The SMILES string of the molecule is C=CCO[C@@H](C)[C@H](C)O. The van der Waals surface area contributed by atoms with E-state index in [1.165, 1.54) is 0 Å². The largest absolute Gasteiger partial charge is 0.391 e. The van der Waals surface area contributed by atoms with Crippen LogP contribution in [0.2, 0.25) is 0 Å². The van der Waals surface area contributed by atoms with Crippen molar-refractivity contribution in [3.05, 3.63) is 12.7 Å². The molecule has 0 aromatic heterocycles. The van der Waals surface area contributed by atoms with Crippen molar-refractivity contribution in [3.63, 3.8) is 0 Å². The van der Waals surface area contributed by atoms with E-state index in [2.05, 4.69) is 6.58 Å². The highest BCUT2D eigenvalue weighted by molar-refractivity contribution is 4.66. The zero-order valence-electron chi connectivity index (χ0n) is 6.00. The van der Waals surface area contributed by atoms with Crippen LogP contribution in [0.3, 0.4) is 0 Å². The Kier molecular flexibility index (Phi) is 4.36. The molecule has 2 atom stereocenters. The van der Waals surface area contributed by atoms with Crippen LogP contribution >= 0.6 is 0 Å². The van der Waals surface area contributed by atoms with E-state index in [1.807, 2.05) is 6.92 Å². The van der Waals surface area contributed by atoms with Gasteiger partial charge >= 0.3 is 0 Å². The maximum absolute atomic E-state index is 8.89.